The summed E-state index contributed by atoms with van der Waals surface area (Å²) >= 11 is 0. The molecule has 0 atom stereocenters. The highest BCUT2D eigenvalue weighted by Gasteiger charge is 2.13. The zero-order chi connectivity index (χ0) is 8.27. The Bertz CT molecular complexity index is 185. The molecule has 0 spiro atoms. The standard InChI is InChI=1S/C8H14N2O/c1-6(2)3-4-7-5-8(11)10-9-7/h6H,3-5H2,1-2H3,(H,10,11). The summed E-state index contributed by atoms with van der Waals surface area (Å²) in [7, 11) is 0. The van der Waals surface area contributed by atoms with E-state index >= 15 is 0 Å². The molecule has 0 bridgehead atoms. The van der Waals surface area contributed by atoms with E-state index in [1.54, 1.807) is 0 Å². The Labute approximate surface area is 66.9 Å². The highest BCUT2D eigenvalue weighted by molar-refractivity contribution is 6.04. The van der Waals surface area contributed by atoms with Crippen molar-refractivity contribution in [2.24, 2.45) is 11.0 Å². The number of nitrogens with one attached hydrogen (secondary N) is 1. The molecule has 1 rings (SSSR count). The molecule has 0 aromatic carbocycles. The van der Waals surface area contributed by atoms with Crippen LogP contribution >= 0.6 is 0 Å². The van der Waals surface area contributed by atoms with Gasteiger partial charge < -0.3 is 0 Å². The molecule has 0 aliphatic carbocycles. The van der Waals surface area contributed by atoms with Crippen molar-refractivity contribution in [3.05, 3.63) is 0 Å². The number of hydrazone groups is 1. The number of hydrogen-bond donors (Lipinski definition) is 1. The van der Waals surface area contributed by atoms with E-state index in [-0.39, 0.29) is 5.91 Å². The fraction of sp³-hybridized carbons (Fsp3) is 0.750. The Morgan fingerprint density at radius 1 is 1.64 bits per heavy atom. The van der Waals surface area contributed by atoms with E-state index in [1.807, 2.05) is 0 Å². The minimum absolute atomic E-state index is 0.0313. The summed E-state index contributed by atoms with van der Waals surface area (Å²) in [6.45, 7) is 4.34. The molecule has 0 radical (unpaired) electrons. The van der Waals surface area contributed by atoms with Gasteiger partial charge in [-0.1, -0.05) is 13.8 Å². The van der Waals surface area contributed by atoms with Gasteiger partial charge in [0.2, 0.25) is 5.91 Å². The van der Waals surface area contributed by atoms with E-state index in [4.69, 9.17) is 0 Å². The van der Waals surface area contributed by atoms with Crippen LogP contribution in [0.5, 0.6) is 0 Å². The van der Waals surface area contributed by atoms with E-state index < -0.39 is 0 Å². The van der Waals surface area contributed by atoms with Gasteiger partial charge in [0.05, 0.1) is 6.42 Å². The highest BCUT2D eigenvalue weighted by atomic mass is 16.2. The molecule has 0 fully saturated rings. The van der Waals surface area contributed by atoms with Crippen molar-refractivity contribution in [1.29, 1.82) is 0 Å². The second-order valence-corrected chi connectivity index (χ2v) is 3.32. The molecule has 3 heteroatoms. The molecule has 1 N–H and O–H groups in total. The Morgan fingerprint density at radius 2 is 2.36 bits per heavy atom. The molecule has 62 valence electrons. The first-order valence-corrected chi connectivity index (χ1v) is 4.02. The number of amides is 1. The molecule has 0 aromatic rings. The molecular formula is C8H14N2O. The topological polar surface area (TPSA) is 41.5 Å². The largest absolute Gasteiger partial charge is 0.273 e. The fourth-order valence-electron chi connectivity index (χ4n) is 1.01. The van der Waals surface area contributed by atoms with Crippen LogP contribution in [0.4, 0.5) is 0 Å². The molecular weight excluding hydrogens is 140 g/mol. The first-order valence-electron chi connectivity index (χ1n) is 4.02. The Hall–Kier alpha value is -0.860. The molecule has 1 aliphatic heterocycles. The third kappa shape index (κ3) is 2.70. The number of hydrogen-bond acceptors (Lipinski definition) is 2. The average Bonchev–Trinajstić information content (AvgIpc) is 2.31. The van der Waals surface area contributed by atoms with Gasteiger partial charge in [0.25, 0.3) is 0 Å². The first-order chi connectivity index (χ1) is 5.18. The van der Waals surface area contributed by atoms with Crippen LogP contribution in [-0.2, 0) is 4.79 Å². The van der Waals surface area contributed by atoms with Crippen LogP contribution in [0.3, 0.4) is 0 Å². The number of carbonyl (C=O) groups is 1. The Balaban J connectivity index is 2.23. The first kappa shape index (κ1) is 8.24. The van der Waals surface area contributed by atoms with Gasteiger partial charge in [-0.15, -0.1) is 0 Å². The summed E-state index contributed by atoms with van der Waals surface area (Å²) in [5, 5.41) is 3.91. The van der Waals surface area contributed by atoms with Gasteiger partial charge in [0.15, 0.2) is 0 Å². The van der Waals surface area contributed by atoms with E-state index in [1.165, 1.54) is 0 Å². The van der Waals surface area contributed by atoms with E-state index in [0.717, 1.165) is 18.6 Å². The van der Waals surface area contributed by atoms with E-state index in [0.29, 0.717) is 12.3 Å². The zero-order valence-corrected chi connectivity index (χ0v) is 7.05. The SMILES string of the molecule is CC(C)CCC1=NNC(=O)C1. The summed E-state index contributed by atoms with van der Waals surface area (Å²) in [6.07, 6.45) is 2.58. The Morgan fingerprint density at radius 3 is 2.82 bits per heavy atom. The predicted molar refractivity (Wildman–Crippen MR) is 44.3 cm³/mol. The van der Waals surface area contributed by atoms with E-state index in [2.05, 4.69) is 24.4 Å². The van der Waals surface area contributed by atoms with Crippen molar-refractivity contribution in [3.63, 3.8) is 0 Å². The highest BCUT2D eigenvalue weighted by Crippen LogP contribution is 2.08. The molecule has 1 heterocycles. The minimum Gasteiger partial charge on any atom is -0.273 e. The molecule has 1 aliphatic rings. The normalized spacial score (nSPS) is 17.0. The second kappa shape index (κ2) is 3.51. The summed E-state index contributed by atoms with van der Waals surface area (Å²) in [5.41, 5.74) is 3.45. The van der Waals surface area contributed by atoms with Crippen LogP contribution in [0.2, 0.25) is 0 Å². The maximum absolute atomic E-state index is 10.7. The molecule has 0 unspecified atom stereocenters. The molecule has 11 heavy (non-hydrogen) atoms. The van der Waals surface area contributed by atoms with Crippen LogP contribution in [0.15, 0.2) is 5.10 Å². The third-order valence-electron chi connectivity index (χ3n) is 1.71. The van der Waals surface area contributed by atoms with Gasteiger partial charge in [-0.05, 0) is 18.8 Å². The minimum atomic E-state index is 0.0313. The maximum atomic E-state index is 10.7. The van der Waals surface area contributed by atoms with Crippen molar-refractivity contribution in [2.45, 2.75) is 33.1 Å². The summed E-state index contributed by atoms with van der Waals surface area (Å²) < 4.78 is 0. The molecule has 0 saturated heterocycles. The maximum Gasteiger partial charge on any atom is 0.245 e. The van der Waals surface area contributed by atoms with Crippen LogP contribution in [0.1, 0.15) is 33.1 Å². The van der Waals surface area contributed by atoms with Crippen molar-refractivity contribution in [2.75, 3.05) is 0 Å². The van der Waals surface area contributed by atoms with Crippen LogP contribution in [0, 0.1) is 5.92 Å². The van der Waals surface area contributed by atoms with E-state index in [9.17, 15) is 4.79 Å². The lowest BCUT2D eigenvalue weighted by Crippen LogP contribution is -2.09. The lowest BCUT2D eigenvalue weighted by Gasteiger charge is -2.01. The zero-order valence-electron chi connectivity index (χ0n) is 7.05. The van der Waals surface area contributed by atoms with Gasteiger partial charge in [0.1, 0.15) is 0 Å². The summed E-state index contributed by atoms with van der Waals surface area (Å²) in [5.74, 6) is 0.720. The number of rotatable bonds is 3. The Kier molecular flexibility index (Phi) is 2.63. The summed E-state index contributed by atoms with van der Waals surface area (Å²) in [4.78, 5) is 10.7. The monoisotopic (exact) mass is 154 g/mol. The van der Waals surface area contributed by atoms with Crippen LogP contribution < -0.4 is 5.43 Å². The van der Waals surface area contributed by atoms with Crippen molar-refractivity contribution < 1.29 is 4.79 Å². The lowest BCUT2D eigenvalue weighted by atomic mass is 10.0. The second-order valence-electron chi connectivity index (χ2n) is 3.32. The molecule has 0 aromatic heterocycles. The predicted octanol–water partition coefficient (Wildman–Crippen LogP) is 1.30. The quantitative estimate of drug-likeness (QED) is 0.654. The average molecular weight is 154 g/mol. The van der Waals surface area contributed by atoms with Gasteiger partial charge in [0, 0.05) is 5.71 Å². The van der Waals surface area contributed by atoms with Gasteiger partial charge in [-0.25, -0.2) is 5.43 Å². The molecule has 3 nitrogen and oxygen atoms in total. The van der Waals surface area contributed by atoms with Gasteiger partial charge in [-0.2, -0.15) is 5.10 Å². The molecule has 1 amide bonds. The van der Waals surface area contributed by atoms with Crippen molar-refractivity contribution in [3.8, 4) is 0 Å². The van der Waals surface area contributed by atoms with Gasteiger partial charge >= 0.3 is 0 Å². The smallest absolute Gasteiger partial charge is 0.245 e. The number of carbonyl (C=O) groups excluding carboxylic acids is 1. The third-order valence-corrected chi connectivity index (χ3v) is 1.71. The van der Waals surface area contributed by atoms with Crippen LogP contribution in [0.25, 0.3) is 0 Å². The van der Waals surface area contributed by atoms with Crippen molar-refractivity contribution in [1.82, 2.24) is 5.43 Å². The fourth-order valence-corrected chi connectivity index (χ4v) is 1.01. The van der Waals surface area contributed by atoms with Gasteiger partial charge in [-0.3, -0.25) is 4.79 Å². The lowest BCUT2D eigenvalue weighted by molar-refractivity contribution is -0.119. The van der Waals surface area contributed by atoms with Crippen LogP contribution in [-0.4, -0.2) is 11.6 Å². The number of nitrogens with zero attached hydrogens (tertiary/aromatic N) is 1. The molecule has 0 saturated carbocycles. The summed E-state index contributed by atoms with van der Waals surface area (Å²) in [6, 6.07) is 0. The van der Waals surface area contributed by atoms with Crippen molar-refractivity contribution >= 4 is 11.6 Å².